The van der Waals surface area contributed by atoms with Crippen molar-refractivity contribution in [3.63, 3.8) is 0 Å². The van der Waals surface area contributed by atoms with Gasteiger partial charge >= 0.3 is 0 Å². The van der Waals surface area contributed by atoms with Crippen LogP contribution in [0.3, 0.4) is 0 Å². The molecule has 1 atom stereocenters. The predicted octanol–water partition coefficient (Wildman–Crippen LogP) is 2.40. The SMILES string of the molecule is C#C.C=C(C)/C=C\C(C)OC. The first-order valence-electron chi connectivity index (χ1n) is 3.36. The summed E-state index contributed by atoms with van der Waals surface area (Å²) in [6.45, 7) is 7.66. The fourth-order valence-corrected chi connectivity index (χ4v) is 0.378. The normalized spacial score (nSPS) is 11.7. The molecule has 0 amide bonds. The summed E-state index contributed by atoms with van der Waals surface area (Å²) in [6, 6.07) is 0. The van der Waals surface area contributed by atoms with Crippen LogP contribution in [0, 0.1) is 12.8 Å². The first-order valence-corrected chi connectivity index (χ1v) is 3.36. The summed E-state index contributed by atoms with van der Waals surface area (Å²) >= 11 is 0. The molecule has 0 aliphatic rings. The van der Waals surface area contributed by atoms with Gasteiger partial charge in [-0.05, 0) is 13.8 Å². The molecule has 1 heteroatoms. The molecular formula is C10H16O. The Morgan fingerprint density at radius 2 is 2.00 bits per heavy atom. The molecule has 0 aromatic heterocycles. The summed E-state index contributed by atoms with van der Waals surface area (Å²) in [5.74, 6) is 0. The van der Waals surface area contributed by atoms with Crippen LogP contribution in [0.1, 0.15) is 13.8 Å². The Morgan fingerprint density at radius 1 is 1.55 bits per heavy atom. The van der Waals surface area contributed by atoms with E-state index in [4.69, 9.17) is 4.74 Å². The summed E-state index contributed by atoms with van der Waals surface area (Å²) in [5, 5.41) is 0. The van der Waals surface area contributed by atoms with Crippen molar-refractivity contribution >= 4 is 0 Å². The van der Waals surface area contributed by atoms with E-state index in [0.29, 0.717) is 0 Å². The lowest BCUT2D eigenvalue weighted by Crippen LogP contribution is -1.98. The minimum Gasteiger partial charge on any atom is -0.378 e. The van der Waals surface area contributed by atoms with Gasteiger partial charge < -0.3 is 4.74 Å². The zero-order valence-corrected chi connectivity index (χ0v) is 7.50. The first-order chi connectivity index (χ1) is 5.16. The molecular weight excluding hydrogens is 136 g/mol. The molecule has 0 aliphatic carbocycles. The lowest BCUT2D eigenvalue weighted by Gasteiger charge is -2.00. The molecule has 0 spiro atoms. The van der Waals surface area contributed by atoms with E-state index in [9.17, 15) is 0 Å². The molecule has 0 aromatic carbocycles. The summed E-state index contributed by atoms with van der Waals surface area (Å²) in [5.41, 5.74) is 1.05. The van der Waals surface area contributed by atoms with Gasteiger partial charge in [-0.2, -0.15) is 0 Å². The van der Waals surface area contributed by atoms with E-state index in [-0.39, 0.29) is 6.10 Å². The summed E-state index contributed by atoms with van der Waals surface area (Å²) < 4.78 is 4.97. The highest BCUT2D eigenvalue weighted by atomic mass is 16.5. The van der Waals surface area contributed by atoms with Crippen molar-refractivity contribution in [1.29, 1.82) is 0 Å². The van der Waals surface area contributed by atoms with Crippen LogP contribution in [0.15, 0.2) is 24.3 Å². The number of hydrogen-bond donors (Lipinski definition) is 0. The Hall–Kier alpha value is -1.00. The van der Waals surface area contributed by atoms with E-state index >= 15 is 0 Å². The number of allylic oxidation sites excluding steroid dienone is 2. The van der Waals surface area contributed by atoms with Gasteiger partial charge in [-0.1, -0.05) is 24.3 Å². The van der Waals surface area contributed by atoms with Gasteiger partial charge in [-0.25, -0.2) is 0 Å². The van der Waals surface area contributed by atoms with Crippen molar-refractivity contribution in [2.24, 2.45) is 0 Å². The molecule has 0 aliphatic heterocycles. The second-order valence-corrected chi connectivity index (χ2v) is 2.15. The van der Waals surface area contributed by atoms with Crippen molar-refractivity contribution in [2.45, 2.75) is 20.0 Å². The molecule has 62 valence electrons. The highest BCUT2D eigenvalue weighted by Gasteiger charge is 1.87. The molecule has 0 aromatic rings. The van der Waals surface area contributed by atoms with E-state index < -0.39 is 0 Å². The Bertz CT molecular complexity index is 142. The van der Waals surface area contributed by atoms with Crippen LogP contribution in [-0.4, -0.2) is 13.2 Å². The third-order valence-corrected chi connectivity index (χ3v) is 1.02. The molecule has 0 radical (unpaired) electrons. The molecule has 0 saturated heterocycles. The fraction of sp³-hybridized carbons (Fsp3) is 0.400. The average molecular weight is 152 g/mol. The predicted molar refractivity (Wildman–Crippen MR) is 50.3 cm³/mol. The lowest BCUT2D eigenvalue weighted by atomic mass is 10.3. The summed E-state index contributed by atoms with van der Waals surface area (Å²) in [7, 11) is 1.69. The van der Waals surface area contributed by atoms with Gasteiger partial charge in [0.2, 0.25) is 0 Å². The van der Waals surface area contributed by atoms with E-state index in [0.717, 1.165) is 5.57 Å². The largest absolute Gasteiger partial charge is 0.378 e. The van der Waals surface area contributed by atoms with Gasteiger partial charge in [0.15, 0.2) is 0 Å². The maximum Gasteiger partial charge on any atom is 0.0727 e. The minimum atomic E-state index is 0.196. The number of terminal acetylenes is 1. The number of rotatable bonds is 3. The quantitative estimate of drug-likeness (QED) is 0.445. The van der Waals surface area contributed by atoms with Crippen LogP contribution < -0.4 is 0 Å². The van der Waals surface area contributed by atoms with E-state index in [2.05, 4.69) is 19.4 Å². The van der Waals surface area contributed by atoms with Crippen LogP contribution in [0.2, 0.25) is 0 Å². The van der Waals surface area contributed by atoms with E-state index in [1.54, 1.807) is 7.11 Å². The van der Waals surface area contributed by atoms with Crippen LogP contribution >= 0.6 is 0 Å². The smallest absolute Gasteiger partial charge is 0.0727 e. The van der Waals surface area contributed by atoms with Crippen molar-refractivity contribution in [3.8, 4) is 12.8 Å². The van der Waals surface area contributed by atoms with Crippen molar-refractivity contribution in [3.05, 3.63) is 24.3 Å². The lowest BCUT2D eigenvalue weighted by molar-refractivity contribution is 0.156. The third kappa shape index (κ3) is 12.2. The topological polar surface area (TPSA) is 9.23 Å². The molecule has 0 rings (SSSR count). The van der Waals surface area contributed by atoms with Crippen LogP contribution in [0.25, 0.3) is 0 Å². The highest BCUT2D eigenvalue weighted by Crippen LogP contribution is 1.94. The van der Waals surface area contributed by atoms with Crippen molar-refractivity contribution in [2.75, 3.05) is 7.11 Å². The molecule has 1 nitrogen and oxygen atoms in total. The second-order valence-electron chi connectivity index (χ2n) is 2.15. The van der Waals surface area contributed by atoms with Gasteiger partial charge in [-0.15, -0.1) is 12.8 Å². The molecule has 0 heterocycles. The molecule has 1 unspecified atom stereocenters. The van der Waals surface area contributed by atoms with Gasteiger partial charge in [0.25, 0.3) is 0 Å². The molecule has 11 heavy (non-hydrogen) atoms. The molecule has 0 saturated carbocycles. The molecule has 0 fully saturated rings. The number of ether oxygens (including phenoxy) is 1. The first kappa shape index (κ1) is 12.7. The third-order valence-electron chi connectivity index (χ3n) is 1.02. The number of hydrogen-bond acceptors (Lipinski definition) is 1. The summed E-state index contributed by atoms with van der Waals surface area (Å²) in [6.07, 6.45) is 12.1. The molecule has 0 N–H and O–H groups in total. The Kier molecular flexibility index (Phi) is 10.4. The van der Waals surface area contributed by atoms with Gasteiger partial charge in [0.05, 0.1) is 6.10 Å². The fourth-order valence-electron chi connectivity index (χ4n) is 0.378. The van der Waals surface area contributed by atoms with Crippen LogP contribution in [0.5, 0.6) is 0 Å². The van der Waals surface area contributed by atoms with Crippen molar-refractivity contribution in [1.82, 2.24) is 0 Å². The number of methoxy groups -OCH3 is 1. The van der Waals surface area contributed by atoms with E-state index in [1.165, 1.54) is 0 Å². The van der Waals surface area contributed by atoms with Crippen molar-refractivity contribution < 1.29 is 4.74 Å². The van der Waals surface area contributed by atoms with Crippen LogP contribution in [0.4, 0.5) is 0 Å². The van der Waals surface area contributed by atoms with E-state index in [1.807, 2.05) is 26.0 Å². The Morgan fingerprint density at radius 3 is 2.27 bits per heavy atom. The average Bonchev–Trinajstić information content (AvgIpc) is 2.04. The van der Waals surface area contributed by atoms with Crippen LogP contribution in [-0.2, 0) is 4.74 Å². The van der Waals surface area contributed by atoms with Gasteiger partial charge in [0, 0.05) is 7.11 Å². The highest BCUT2D eigenvalue weighted by molar-refractivity contribution is 5.11. The Labute approximate surface area is 69.8 Å². The van der Waals surface area contributed by atoms with Gasteiger partial charge in [-0.3, -0.25) is 0 Å². The zero-order valence-electron chi connectivity index (χ0n) is 7.50. The maximum atomic E-state index is 4.97. The zero-order chi connectivity index (χ0) is 9.28. The summed E-state index contributed by atoms with van der Waals surface area (Å²) in [4.78, 5) is 0. The maximum absolute atomic E-state index is 4.97. The monoisotopic (exact) mass is 152 g/mol. The van der Waals surface area contributed by atoms with Gasteiger partial charge in [0.1, 0.15) is 0 Å². The minimum absolute atomic E-state index is 0.196. The second kappa shape index (κ2) is 9.00. The standard InChI is InChI=1S/C8H14O.C2H2/c1-7(2)5-6-8(3)9-4;1-2/h5-6,8H,1H2,2-4H3;1-2H/b6-5-;. The molecule has 0 bridgehead atoms. The Balaban J connectivity index is 0.